The maximum atomic E-state index is 12.3. The minimum Gasteiger partial charge on any atom is -0.493 e. The van der Waals surface area contributed by atoms with Gasteiger partial charge in [0.15, 0.2) is 18.1 Å². The molecule has 0 saturated heterocycles. The second-order valence-electron chi connectivity index (χ2n) is 7.53. The molecule has 0 spiro atoms. The fourth-order valence-corrected chi connectivity index (χ4v) is 2.96. The van der Waals surface area contributed by atoms with Crippen molar-refractivity contribution in [3.63, 3.8) is 0 Å². The molecule has 0 unspecified atom stereocenters. The molecule has 2 aromatic carbocycles. The van der Waals surface area contributed by atoms with E-state index in [1.54, 1.807) is 30.3 Å². The number of hydrazone groups is 1. The van der Waals surface area contributed by atoms with E-state index in [0.717, 1.165) is 16.8 Å². The Kier molecular flexibility index (Phi) is 8.60. The maximum Gasteiger partial charge on any atom is 0.329 e. The molecule has 3 amide bonds. The maximum absolute atomic E-state index is 12.3. The van der Waals surface area contributed by atoms with Crippen LogP contribution in [0.4, 0.5) is 5.69 Å². The van der Waals surface area contributed by atoms with Crippen LogP contribution in [-0.2, 0) is 20.9 Å². The number of carbonyl (C=O) groups excluding carboxylic acids is 3. The number of hydrogen-bond acceptors (Lipinski definition) is 7. The van der Waals surface area contributed by atoms with Crippen LogP contribution in [-0.4, -0.2) is 37.7 Å². The molecule has 0 atom stereocenters. The number of methoxy groups -OCH3 is 1. The van der Waals surface area contributed by atoms with Crippen LogP contribution in [0.15, 0.2) is 64.3 Å². The largest absolute Gasteiger partial charge is 0.493 e. The predicted molar refractivity (Wildman–Crippen MR) is 129 cm³/mol. The second-order valence-corrected chi connectivity index (χ2v) is 7.53. The fourth-order valence-electron chi connectivity index (χ4n) is 2.96. The minimum absolute atomic E-state index is 0.0875. The van der Waals surface area contributed by atoms with E-state index in [4.69, 9.17) is 13.9 Å². The van der Waals surface area contributed by atoms with Gasteiger partial charge >= 0.3 is 11.8 Å². The van der Waals surface area contributed by atoms with Crippen molar-refractivity contribution in [2.75, 3.05) is 19.0 Å². The first-order valence-corrected chi connectivity index (χ1v) is 10.7. The number of nitrogens with zero attached hydrogens (tertiary/aromatic N) is 1. The van der Waals surface area contributed by atoms with Crippen LogP contribution >= 0.6 is 0 Å². The van der Waals surface area contributed by atoms with Crippen molar-refractivity contribution >= 4 is 29.6 Å². The Morgan fingerprint density at radius 3 is 2.60 bits per heavy atom. The zero-order valence-corrected chi connectivity index (χ0v) is 19.6. The highest BCUT2D eigenvalue weighted by atomic mass is 16.5. The van der Waals surface area contributed by atoms with E-state index < -0.39 is 11.8 Å². The highest BCUT2D eigenvalue weighted by Gasteiger charge is 2.13. The van der Waals surface area contributed by atoms with Crippen LogP contribution in [0.1, 0.15) is 22.5 Å². The number of ether oxygens (including phenoxy) is 2. The molecule has 0 aliphatic rings. The van der Waals surface area contributed by atoms with Gasteiger partial charge in [-0.05, 0) is 66.9 Å². The molecule has 1 aromatic heterocycles. The molecule has 0 fully saturated rings. The molecule has 0 saturated carbocycles. The lowest BCUT2D eigenvalue weighted by Crippen LogP contribution is -2.37. The molecule has 10 nitrogen and oxygen atoms in total. The third-order valence-corrected chi connectivity index (χ3v) is 4.80. The molecular weight excluding hydrogens is 452 g/mol. The van der Waals surface area contributed by atoms with E-state index in [1.165, 1.54) is 19.6 Å². The van der Waals surface area contributed by atoms with Crippen LogP contribution in [0.5, 0.6) is 11.5 Å². The first kappa shape index (κ1) is 25.0. The van der Waals surface area contributed by atoms with Crippen molar-refractivity contribution < 1.29 is 28.3 Å². The normalized spacial score (nSPS) is 10.6. The summed E-state index contributed by atoms with van der Waals surface area (Å²) >= 11 is 0. The average molecular weight is 479 g/mol. The lowest BCUT2D eigenvalue weighted by atomic mass is 10.1. The number of nitrogens with one attached hydrogen (secondary N) is 3. The van der Waals surface area contributed by atoms with Crippen LogP contribution in [0.2, 0.25) is 0 Å². The number of benzene rings is 2. The van der Waals surface area contributed by atoms with Gasteiger partial charge in [0.05, 0.1) is 26.1 Å². The Balaban J connectivity index is 1.51. The molecule has 3 rings (SSSR count). The summed E-state index contributed by atoms with van der Waals surface area (Å²) < 4.78 is 16.0. The molecular formula is C25H26N4O6. The van der Waals surface area contributed by atoms with Crippen LogP contribution in [0, 0.1) is 13.8 Å². The Morgan fingerprint density at radius 2 is 1.86 bits per heavy atom. The van der Waals surface area contributed by atoms with Crippen LogP contribution in [0.25, 0.3) is 0 Å². The quantitative estimate of drug-likeness (QED) is 0.246. The Morgan fingerprint density at radius 1 is 1.03 bits per heavy atom. The Hall–Kier alpha value is -4.60. The molecule has 0 radical (unpaired) electrons. The number of hydrogen-bond donors (Lipinski definition) is 3. The second kappa shape index (κ2) is 12.0. The van der Waals surface area contributed by atoms with E-state index in [1.807, 2.05) is 32.0 Å². The lowest BCUT2D eigenvalue weighted by molar-refractivity contribution is -0.139. The zero-order chi connectivity index (χ0) is 25.2. The third-order valence-electron chi connectivity index (χ3n) is 4.80. The van der Waals surface area contributed by atoms with Gasteiger partial charge in [-0.3, -0.25) is 14.4 Å². The van der Waals surface area contributed by atoms with E-state index in [2.05, 4.69) is 21.2 Å². The van der Waals surface area contributed by atoms with Gasteiger partial charge in [-0.25, -0.2) is 5.43 Å². The summed E-state index contributed by atoms with van der Waals surface area (Å²) in [6.07, 6.45) is 2.81. The van der Waals surface area contributed by atoms with Crippen molar-refractivity contribution in [1.29, 1.82) is 0 Å². The molecule has 0 aliphatic carbocycles. The topological polar surface area (TPSA) is 131 Å². The van der Waals surface area contributed by atoms with Crippen molar-refractivity contribution in [3.05, 3.63) is 77.2 Å². The Labute approximate surface area is 202 Å². The smallest absolute Gasteiger partial charge is 0.329 e. The molecule has 35 heavy (non-hydrogen) atoms. The summed E-state index contributed by atoms with van der Waals surface area (Å²) in [5, 5.41) is 9.03. The highest BCUT2D eigenvalue weighted by Crippen LogP contribution is 2.27. The standard InChI is InChI=1S/C25H26N4O6/c1-16-6-7-17(2)20(11-16)28-23(30)15-35-21-9-8-18(12-22(21)33-3)13-27-29-25(32)24(31)26-14-19-5-4-10-34-19/h4-13H,14-15H2,1-3H3,(H,26,31)(H,28,30)(H,29,32)/b27-13-. The van der Waals surface area contributed by atoms with Crippen LogP contribution in [0.3, 0.4) is 0 Å². The van der Waals surface area contributed by atoms with E-state index in [-0.39, 0.29) is 19.1 Å². The number of amides is 3. The summed E-state index contributed by atoms with van der Waals surface area (Å²) in [4.78, 5) is 35.9. The zero-order valence-electron chi connectivity index (χ0n) is 19.6. The van der Waals surface area contributed by atoms with Gasteiger partial charge in [0, 0.05) is 5.69 Å². The highest BCUT2D eigenvalue weighted by molar-refractivity contribution is 6.35. The monoisotopic (exact) mass is 478 g/mol. The first-order chi connectivity index (χ1) is 16.9. The number of aryl methyl sites for hydroxylation is 2. The van der Waals surface area contributed by atoms with Gasteiger partial charge in [0.1, 0.15) is 5.76 Å². The summed E-state index contributed by atoms with van der Waals surface area (Å²) in [7, 11) is 1.46. The SMILES string of the molecule is COc1cc(/C=N\NC(=O)C(=O)NCc2ccco2)ccc1OCC(=O)Nc1cc(C)ccc1C. The number of rotatable bonds is 9. The predicted octanol–water partition coefficient (Wildman–Crippen LogP) is 2.69. The van der Waals surface area contributed by atoms with Crippen molar-refractivity contribution in [3.8, 4) is 11.5 Å². The van der Waals surface area contributed by atoms with Gasteiger partial charge in [0.2, 0.25) is 0 Å². The molecule has 1 heterocycles. The number of carbonyl (C=O) groups is 3. The van der Waals surface area contributed by atoms with Crippen molar-refractivity contribution in [1.82, 2.24) is 10.7 Å². The third kappa shape index (κ3) is 7.46. The Bertz CT molecular complexity index is 1220. The van der Waals surface area contributed by atoms with E-state index >= 15 is 0 Å². The van der Waals surface area contributed by atoms with Gasteiger partial charge in [-0.2, -0.15) is 5.10 Å². The summed E-state index contributed by atoms with van der Waals surface area (Å²) in [6, 6.07) is 14.0. The number of furan rings is 1. The molecule has 3 aromatic rings. The van der Waals surface area contributed by atoms with Gasteiger partial charge in [-0.15, -0.1) is 0 Å². The summed E-state index contributed by atoms with van der Waals surface area (Å²) in [6.45, 7) is 3.74. The molecule has 3 N–H and O–H groups in total. The fraction of sp³-hybridized carbons (Fsp3) is 0.200. The van der Waals surface area contributed by atoms with Crippen molar-refractivity contribution in [2.45, 2.75) is 20.4 Å². The first-order valence-electron chi connectivity index (χ1n) is 10.7. The summed E-state index contributed by atoms with van der Waals surface area (Å²) in [5.74, 6) is -0.821. The molecule has 182 valence electrons. The average Bonchev–Trinajstić information content (AvgIpc) is 3.37. The molecule has 0 aliphatic heterocycles. The minimum atomic E-state index is -0.922. The lowest BCUT2D eigenvalue weighted by Gasteiger charge is -2.12. The van der Waals surface area contributed by atoms with Gasteiger partial charge < -0.3 is 24.5 Å². The summed E-state index contributed by atoms with van der Waals surface area (Å²) in [5.41, 5.74) is 5.44. The van der Waals surface area contributed by atoms with Crippen molar-refractivity contribution in [2.24, 2.45) is 5.10 Å². The van der Waals surface area contributed by atoms with Gasteiger partial charge in [-0.1, -0.05) is 12.1 Å². The molecule has 0 bridgehead atoms. The van der Waals surface area contributed by atoms with Gasteiger partial charge in [0.25, 0.3) is 5.91 Å². The van der Waals surface area contributed by atoms with E-state index in [9.17, 15) is 14.4 Å². The molecule has 10 heteroatoms. The van der Waals surface area contributed by atoms with Crippen LogP contribution < -0.4 is 25.5 Å². The number of anilines is 1. The van der Waals surface area contributed by atoms with E-state index in [0.29, 0.717) is 22.8 Å².